The molecule has 1 aromatic rings. The minimum Gasteiger partial charge on any atom is -0.389 e. The number of likely N-dealkylation sites (N-methyl/N-ethyl adjacent to an activating group) is 1. The van der Waals surface area contributed by atoms with Crippen molar-refractivity contribution in [2.24, 2.45) is 0 Å². The lowest BCUT2D eigenvalue weighted by Gasteiger charge is -2.28. The average molecular weight is 335 g/mol. The quantitative estimate of drug-likeness (QED) is 0.917. The highest BCUT2D eigenvalue weighted by Crippen LogP contribution is 2.23. The van der Waals surface area contributed by atoms with E-state index >= 15 is 0 Å². The molecule has 0 saturated carbocycles. The fourth-order valence-corrected chi connectivity index (χ4v) is 2.19. The van der Waals surface area contributed by atoms with E-state index in [1.165, 1.54) is 0 Å². The van der Waals surface area contributed by atoms with Gasteiger partial charge in [-0.3, -0.25) is 4.79 Å². The fourth-order valence-electron chi connectivity index (χ4n) is 1.63. The number of carbonyl (C=O) groups is 1. The Kier molecular flexibility index (Phi) is 5.20. The Morgan fingerprint density at radius 2 is 2.11 bits per heavy atom. The van der Waals surface area contributed by atoms with Crippen LogP contribution < -0.4 is 0 Å². The Labute approximate surface area is 121 Å². The summed E-state index contributed by atoms with van der Waals surface area (Å²) < 4.78 is 0.801. The van der Waals surface area contributed by atoms with Crippen LogP contribution >= 0.6 is 27.5 Å². The van der Waals surface area contributed by atoms with Crippen LogP contribution in [0.3, 0.4) is 0 Å². The predicted octanol–water partition coefficient (Wildman–Crippen LogP) is 3.34. The van der Waals surface area contributed by atoms with Gasteiger partial charge in [-0.2, -0.15) is 0 Å². The van der Waals surface area contributed by atoms with E-state index in [4.69, 9.17) is 11.6 Å². The molecule has 18 heavy (non-hydrogen) atoms. The summed E-state index contributed by atoms with van der Waals surface area (Å²) in [5.41, 5.74) is -0.485. The van der Waals surface area contributed by atoms with Gasteiger partial charge in [0.1, 0.15) is 0 Å². The SMILES string of the molecule is CCN(CC(C)(C)O)C(=O)c1cc(Br)ccc1Cl. The van der Waals surface area contributed by atoms with Gasteiger partial charge in [0.25, 0.3) is 5.91 Å². The molecule has 5 heteroatoms. The van der Waals surface area contributed by atoms with Crippen LogP contribution in [0.5, 0.6) is 0 Å². The van der Waals surface area contributed by atoms with E-state index in [-0.39, 0.29) is 12.5 Å². The van der Waals surface area contributed by atoms with Crippen LogP contribution in [-0.2, 0) is 0 Å². The van der Waals surface area contributed by atoms with Crippen LogP contribution in [0, 0.1) is 0 Å². The van der Waals surface area contributed by atoms with E-state index in [0.29, 0.717) is 17.1 Å². The zero-order chi connectivity index (χ0) is 13.9. The highest BCUT2D eigenvalue weighted by atomic mass is 79.9. The number of amides is 1. The number of aliphatic hydroxyl groups is 1. The molecule has 3 nitrogen and oxygen atoms in total. The molecule has 0 bridgehead atoms. The van der Waals surface area contributed by atoms with Gasteiger partial charge in [-0.05, 0) is 39.0 Å². The summed E-state index contributed by atoms with van der Waals surface area (Å²) in [7, 11) is 0. The van der Waals surface area contributed by atoms with E-state index in [2.05, 4.69) is 15.9 Å². The number of benzene rings is 1. The number of hydrogen-bond acceptors (Lipinski definition) is 2. The van der Waals surface area contributed by atoms with Gasteiger partial charge >= 0.3 is 0 Å². The monoisotopic (exact) mass is 333 g/mol. The maximum absolute atomic E-state index is 12.3. The molecule has 1 aromatic carbocycles. The molecule has 0 aliphatic rings. The summed E-state index contributed by atoms with van der Waals surface area (Å²) in [5, 5.41) is 10.2. The summed E-state index contributed by atoms with van der Waals surface area (Å²) >= 11 is 9.35. The van der Waals surface area contributed by atoms with E-state index in [9.17, 15) is 9.90 Å². The van der Waals surface area contributed by atoms with Crippen molar-refractivity contribution in [2.75, 3.05) is 13.1 Å². The molecule has 1 rings (SSSR count). The van der Waals surface area contributed by atoms with Crippen molar-refractivity contribution in [3.05, 3.63) is 33.3 Å². The second-order valence-corrected chi connectivity index (χ2v) is 6.08. The van der Waals surface area contributed by atoms with Crippen molar-refractivity contribution in [1.29, 1.82) is 0 Å². The third-order valence-electron chi connectivity index (χ3n) is 2.41. The average Bonchev–Trinajstić information content (AvgIpc) is 2.27. The summed E-state index contributed by atoms with van der Waals surface area (Å²) in [4.78, 5) is 13.9. The largest absolute Gasteiger partial charge is 0.389 e. The molecule has 0 fully saturated rings. The van der Waals surface area contributed by atoms with E-state index in [1.54, 1.807) is 36.9 Å². The minimum atomic E-state index is -0.926. The van der Waals surface area contributed by atoms with Gasteiger partial charge in [0.05, 0.1) is 16.2 Å². The van der Waals surface area contributed by atoms with Crippen LogP contribution in [0.1, 0.15) is 31.1 Å². The molecular weight excluding hydrogens is 318 g/mol. The molecule has 0 radical (unpaired) electrons. The second kappa shape index (κ2) is 6.04. The molecule has 0 spiro atoms. The lowest BCUT2D eigenvalue weighted by atomic mass is 10.1. The Morgan fingerprint density at radius 1 is 1.50 bits per heavy atom. The van der Waals surface area contributed by atoms with Crippen molar-refractivity contribution < 1.29 is 9.90 Å². The van der Waals surface area contributed by atoms with Crippen LogP contribution in [-0.4, -0.2) is 34.6 Å². The molecule has 1 amide bonds. The van der Waals surface area contributed by atoms with Gasteiger partial charge in [-0.15, -0.1) is 0 Å². The summed E-state index contributed by atoms with van der Waals surface area (Å²) in [5.74, 6) is -0.175. The van der Waals surface area contributed by atoms with Gasteiger partial charge in [0, 0.05) is 17.6 Å². The standard InChI is InChI=1S/C13H17BrClNO2/c1-4-16(8-13(2,3)18)12(17)10-7-9(14)5-6-11(10)15/h5-7,18H,4,8H2,1-3H3. The van der Waals surface area contributed by atoms with E-state index < -0.39 is 5.60 Å². The Morgan fingerprint density at radius 3 is 2.61 bits per heavy atom. The number of carbonyl (C=O) groups excluding carboxylic acids is 1. The third-order valence-corrected chi connectivity index (χ3v) is 3.23. The van der Waals surface area contributed by atoms with Gasteiger partial charge in [0.15, 0.2) is 0 Å². The zero-order valence-electron chi connectivity index (χ0n) is 10.7. The zero-order valence-corrected chi connectivity index (χ0v) is 13.0. The smallest absolute Gasteiger partial charge is 0.255 e. The predicted molar refractivity (Wildman–Crippen MR) is 77.0 cm³/mol. The molecule has 0 unspecified atom stereocenters. The molecule has 0 atom stereocenters. The lowest BCUT2D eigenvalue weighted by Crippen LogP contribution is -2.42. The molecular formula is C13H17BrClNO2. The van der Waals surface area contributed by atoms with Crippen molar-refractivity contribution >= 4 is 33.4 Å². The minimum absolute atomic E-state index is 0.175. The summed E-state index contributed by atoms with van der Waals surface area (Å²) in [6.45, 7) is 6.00. The maximum Gasteiger partial charge on any atom is 0.255 e. The highest BCUT2D eigenvalue weighted by molar-refractivity contribution is 9.10. The fraction of sp³-hybridized carbons (Fsp3) is 0.462. The van der Waals surface area contributed by atoms with Gasteiger partial charge in [-0.25, -0.2) is 0 Å². The molecule has 0 heterocycles. The molecule has 0 aliphatic carbocycles. The lowest BCUT2D eigenvalue weighted by molar-refractivity contribution is 0.0315. The van der Waals surface area contributed by atoms with Crippen molar-refractivity contribution in [1.82, 2.24) is 4.90 Å². The van der Waals surface area contributed by atoms with Crippen LogP contribution in [0.4, 0.5) is 0 Å². The van der Waals surface area contributed by atoms with Gasteiger partial charge in [0.2, 0.25) is 0 Å². The number of halogens is 2. The molecule has 1 N–H and O–H groups in total. The number of hydrogen-bond donors (Lipinski definition) is 1. The molecule has 0 saturated heterocycles. The van der Waals surface area contributed by atoms with E-state index in [1.807, 2.05) is 6.92 Å². The molecule has 0 aliphatic heterocycles. The molecule has 0 aromatic heterocycles. The first-order valence-electron chi connectivity index (χ1n) is 5.71. The van der Waals surface area contributed by atoms with Crippen LogP contribution in [0.25, 0.3) is 0 Å². The topological polar surface area (TPSA) is 40.5 Å². The third kappa shape index (κ3) is 4.26. The van der Waals surface area contributed by atoms with Crippen molar-refractivity contribution in [3.8, 4) is 0 Å². The number of nitrogens with zero attached hydrogens (tertiary/aromatic N) is 1. The molecule has 100 valence electrons. The highest BCUT2D eigenvalue weighted by Gasteiger charge is 2.23. The Bertz CT molecular complexity index is 443. The summed E-state index contributed by atoms with van der Waals surface area (Å²) in [6.07, 6.45) is 0. The number of rotatable bonds is 4. The summed E-state index contributed by atoms with van der Waals surface area (Å²) in [6, 6.07) is 5.15. The first-order chi connectivity index (χ1) is 8.24. The Hall–Kier alpha value is -0.580. The second-order valence-electron chi connectivity index (χ2n) is 4.76. The normalized spacial score (nSPS) is 11.4. The van der Waals surface area contributed by atoms with Gasteiger partial charge < -0.3 is 10.0 Å². The van der Waals surface area contributed by atoms with Crippen LogP contribution in [0.2, 0.25) is 5.02 Å². The van der Waals surface area contributed by atoms with Crippen molar-refractivity contribution in [3.63, 3.8) is 0 Å². The van der Waals surface area contributed by atoms with Crippen LogP contribution in [0.15, 0.2) is 22.7 Å². The first kappa shape index (κ1) is 15.5. The van der Waals surface area contributed by atoms with Gasteiger partial charge in [-0.1, -0.05) is 27.5 Å². The Balaban J connectivity index is 3.00. The maximum atomic E-state index is 12.3. The first-order valence-corrected chi connectivity index (χ1v) is 6.88. The van der Waals surface area contributed by atoms with Crippen molar-refractivity contribution in [2.45, 2.75) is 26.4 Å². The van der Waals surface area contributed by atoms with E-state index in [0.717, 1.165) is 4.47 Å².